The molecular weight excluding hydrogens is 330 g/mol. The van der Waals surface area contributed by atoms with Crippen LogP contribution in [0.15, 0.2) is 0 Å². The first-order valence-corrected chi connectivity index (χ1v) is 10.4. The molecule has 0 saturated carbocycles. The zero-order valence-corrected chi connectivity index (χ0v) is 17.4. The Kier molecular flexibility index (Phi) is 15.4. The van der Waals surface area contributed by atoms with E-state index >= 15 is 0 Å². The Hall–Kier alpha value is -1.14. The number of rotatable bonds is 16. The van der Waals surface area contributed by atoms with E-state index in [-0.39, 0.29) is 19.0 Å². The number of carbonyl (C=O) groups is 2. The van der Waals surface area contributed by atoms with Crippen LogP contribution in [0, 0.1) is 11.8 Å². The van der Waals surface area contributed by atoms with E-state index in [1.165, 1.54) is 25.7 Å². The first-order valence-electron chi connectivity index (χ1n) is 10.4. The molecule has 2 unspecified atom stereocenters. The van der Waals surface area contributed by atoms with E-state index in [1.807, 2.05) is 4.90 Å². The molecule has 0 fully saturated rings. The van der Waals surface area contributed by atoms with Crippen molar-refractivity contribution >= 4 is 11.9 Å². The number of unbranched alkanes of at least 4 members (excludes halogenated alkanes) is 2. The Labute approximate surface area is 160 Å². The van der Waals surface area contributed by atoms with Crippen LogP contribution in [0.4, 0.5) is 0 Å². The SMILES string of the molecule is CCCCC(CC)CN(CC(CC)CCCC)C(=O)CNCC(=O)ON. The summed E-state index contributed by atoms with van der Waals surface area (Å²) in [7, 11) is 0. The van der Waals surface area contributed by atoms with E-state index in [4.69, 9.17) is 5.90 Å². The van der Waals surface area contributed by atoms with Gasteiger partial charge in [0.15, 0.2) is 0 Å². The molecule has 3 N–H and O–H groups in total. The molecule has 0 rings (SSSR count). The minimum Gasteiger partial charge on any atom is -0.372 e. The Bertz CT molecular complexity index is 359. The average Bonchev–Trinajstić information content (AvgIpc) is 2.66. The lowest BCUT2D eigenvalue weighted by Gasteiger charge is -2.31. The molecule has 0 aliphatic carbocycles. The molecule has 2 atom stereocenters. The summed E-state index contributed by atoms with van der Waals surface area (Å²) in [6.07, 6.45) is 9.26. The molecule has 0 aliphatic heterocycles. The zero-order valence-electron chi connectivity index (χ0n) is 17.4. The van der Waals surface area contributed by atoms with Crippen LogP contribution in [0.3, 0.4) is 0 Å². The van der Waals surface area contributed by atoms with Crippen LogP contribution in [0.2, 0.25) is 0 Å². The van der Waals surface area contributed by atoms with Crippen LogP contribution in [-0.2, 0) is 14.4 Å². The van der Waals surface area contributed by atoms with Crippen molar-refractivity contribution in [2.24, 2.45) is 17.7 Å². The van der Waals surface area contributed by atoms with Gasteiger partial charge in [-0.05, 0) is 24.7 Å². The summed E-state index contributed by atoms with van der Waals surface area (Å²) in [4.78, 5) is 30.0. The molecule has 0 saturated heterocycles. The molecule has 0 aromatic rings. The average molecular weight is 372 g/mol. The van der Waals surface area contributed by atoms with E-state index in [2.05, 4.69) is 37.8 Å². The molecule has 0 aliphatic rings. The third-order valence-corrected chi connectivity index (χ3v) is 5.07. The van der Waals surface area contributed by atoms with Gasteiger partial charge in [-0.25, -0.2) is 4.79 Å². The topological polar surface area (TPSA) is 84.7 Å². The highest BCUT2D eigenvalue weighted by atomic mass is 16.7. The Morgan fingerprint density at radius 2 is 1.42 bits per heavy atom. The summed E-state index contributed by atoms with van der Waals surface area (Å²) in [6, 6.07) is 0. The first kappa shape index (κ1) is 24.9. The van der Waals surface area contributed by atoms with Crippen molar-refractivity contribution in [1.82, 2.24) is 10.2 Å². The molecule has 26 heavy (non-hydrogen) atoms. The van der Waals surface area contributed by atoms with Gasteiger partial charge in [0.1, 0.15) is 0 Å². The van der Waals surface area contributed by atoms with Gasteiger partial charge in [-0.3, -0.25) is 10.1 Å². The van der Waals surface area contributed by atoms with E-state index in [9.17, 15) is 9.59 Å². The second-order valence-electron chi connectivity index (χ2n) is 7.23. The third-order valence-electron chi connectivity index (χ3n) is 5.07. The molecule has 0 bridgehead atoms. The quantitative estimate of drug-likeness (QED) is 0.407. The first-order chi connectivity index (χ1) is 12.5. The predicted octanol–water partition coefficient (Wildman–Crippen LogP) is 3.25. The summed E-state index contributed by atoms with van der Waals surface area (Å²) in [5, 5.41) is 2.84. The number of nitrogens with one attached hydrogen (secondary N) is 1. The normalized spacial score (nSPS) is 13.3. The third kappa shape index (κ3) is 11.5. The summed E-state index contributed by atoms with van der Waals surface area (Å²) < 4.78 is 0. The number of amides is 1. The minimum atomic E-state index is -0.562. The molecule has 6 nitrogen and oxygen atoms in total. The molecule has 0 radical (unpaired) electrons. The molecule has 0 spiro atoms. The second kappa shape index (κ2) is 16.1. The summed E-state index contributed by atoms with van der Waals surface area (Å²) in [5.74, 6) is 5.40. The Morgan fingerprint density at radius 3 is 1.81 bits per heavy atom. The van der Waals surface area contributed by atoms with Gasteiger partial charge in [-0.1, -0.05) is 66.2 Å². The van der Waals surface area contributed by atoms with Crippen molar-refractivity contribution in [2.45, 2.75) is 79.1 Å². The van der Waals surface area contributed by atoms with Crippen molar-refractivity contribution < 1.29 is 14.4 Å². The molecule has 0 aromatic carbocycles. The number of hydrogen-bond donors (Lipinski definition) is 2. The van der Waals surface area contributed by atoms with E-state index in [0.29, 0.717) is 11.8 Å². The van der Waals surface area contributed by atoms with Gasteiger partial charge in [0.05, 0.1) is 13.1 Å². The number of hydrogen-bond acceptors (Lipinski definition) is 5. The molecule has 0 heterocycles. The van der Waals surface area contributed by atoms with E-state index in [1.54, 1.807) is 0 Å². The highest BCUT2D eigenvalue weighted by Crippen LogP contribution is 2.19. The maximum atomic E-state index is 12.7. The van der Waals surface area contributed by atoms with Crippen LogP contribution in [-0.4, -0.2) is 43.0 Å². The number of nitrogens with two attached hydrogens (primary N) is 1. The van der Waals surface area contributed by atoms with Crippen molar-refractivity contribution in [2.75, 3.05) is 26.2 Å². The number of carbonyl (C=O) groups excluding carboxylic acids is 2. The van der Waals surface area contributed by atoms with Gasteiger partial charge in [0.2, 0.25) is 5.91 Å². The predicted molar refractivity (Wildman–Crippen MR) is 106 cm³/mol. The van der Waals surface area contributed by atoms with Gasteiger partial charge in [-0.15, -0.1) is 0 Å². The van der Waals surface area contributed by atoms with Gasteiger partial charge in [0, 0.05) is 13.1 Å². The zero-order chi connectivity index (χ0) is 19.8. The smallest absolute Gasteiger partial charge is 0.338 e. The maximum absolute atomic E-state index is 12.7. The van der Waals surface area contributed by atoms with Crippen molar-refractivity contribution in [3.63, 3.8) is 0 Å². The lowest BCUT2D eigenvalue weighted by molar-refractivity contribution is -0.143. The Balaban J connectivity index is 4.82. The van der Waals surface area contributed by atoms with Gasteiger partial charge in [0.25, 0.3) is 0 Å². The summed E-state index contributed by atoms with van der Waals surface area (Å²) in [5.41, 5.74) is 0. The fourth-order valence-corrected chi connectivity index (χ4v) is 3.16. The van der Waals surface area contributed by atoms with Crippen molar-refractivity contribution in [1.29, 1.82) is 0 Å². The van der Waals surface area contributed by atoms with Gasteiger partial charge in [-0.2, -0.15) is 5.90 Å². The fourth-order valence-electron chi connectivity index (χ4n) is 3.16. The largest absolute Gasteiger partial charge is 0.372 e. The standard InChI is InChI=1S/C20H41N3O3/c1-5-9-11-17(7-3)15-23(16-18(8-4)12-10-6-2)19(24)13-22-14-20(25)26-21/h17-18,22H,5-16,21H2,1-4H3. The molecule has 1 amide bonds. The monoisotopic (exact) mass is 371 g/mol. The highest BCUT2D eigenvalue weighted by Gasteiger charge is 2.21. The van der Waals surface area contributed by atoms with Crippen LogP contribution < -0.4 is 11.2 Å². The molecular formula is C20H41N3O3. The van der Waals surface area contributed by atoms with E-state index in [0.717, 1.165) is 38.8 Å². The van der Waals surface area contributed by atoms with Gasteiger partial charge >= 0.3 is 5.97 Å². The summed E-state index contributed by atoms with van der Waals surface area (Å²) in [6.45, 7) is 10.5. The molecule has 154 valence electrons. The van der Waals surface area contributed by atoms with Crippen molar-refractivity contribution in [3.8, 4) is 0 Å². The second-order valence-corrected chi connectivity index (χ2v) is 7.23. The summed E-state index contributed by atoms with van der Waals surface area (Å²) >= 11 is 0. The van der Waals surface area contributed by atoms with Crippen LogP contribution in [0.1, 0.15) is 79.1 Å². The van der Waals surface area contributed by atoms with Crippen molar-refractivity contribution in [3.05, 3.63) is 0 Å². The van der Waals surface area contributed by atoms with Gasteiger partial charge < -0.3 is 9.74 Å². The van der Waals surface area contributed by atoms with E-state index < -0.39 is 5.97 Å². The Morgan fingerprint density at radius 1 is 0.923 bits per heavy atom. The van der Waals surface area contributed by atoms with Crippen LogP contribution >= 0.6 is 0 Å². The highest BCUT2D eigenvalue weighted by molar-refractivity contribution is 5.79. The fraction of sp³-hybridized carbons (Fsp3) is 0.900. The number of nitrogens with zero attached hydrogens (tertiary/aromatic N) is 1. The minimum absolute atomic E-state index is 0.0455. The molecule has 0 aromatic heterocycles. The molecule has 6 heteroatoms. The van der Waals surface area contributed by atoms with Crippen LogP contribution in [0.25, 0.3) is 0 Å². The lowest BCUT2D eigenvalue weighted by Crippen LogP contribution is -2.44. The maximum Gasteiger partial charge on any atom is 0.338 e. The van der Waals surface area contributed by atoms with Crippen LogP contribution in [0.5, 0.6) is 0 Å². The lowest BCUT2D eigenvalue weighted by atomic mass is 9.95.